The van der Waals surface area contributed by atoms with E-state index >= 15 is 0 Å². The van der Waals surface area contributed by atoms with E-state index in [0.717, 1.165) is 31.2 Å². The highest BCUT2D eigenvalue weighted by Crippen LogP contribution is 2.43. The van der Waals surface area contributed by atoms with Crippen molar-refractivity contribution in [3.63, 3.8) is 0 Å². The lowest BCUT2D eigenvalue weighted by molar-refractivity contribution is -0.132. The molecule has 0 bridgehead atoms. The molecule has 1 aromatic heterocycles. The van der Waals surface area contributed by atoms with Gasteiger partial charge in [0.05, 0.1) is 16.5 Å². The summed E-state index contributed by atoms with van der Waals surface area (Å²) in [4.78, 5) is 28.5. The first kappa shape index (κ1) is 18.0. The van der Waals surface area contributed by atoms with Gasteiger partial charge in [0, 0.05) is 6.04 Å². The molecule has 0 spiro atoms. The molecule has 4 nitrogen and oxygen atoms in total. The number of benzene rings is 1. The van der Waals surface area contributed by atoms with Crippen LogP contribution in [0.5, 0.6) is 0 Å². The Morgan fingerprint density at radius 2 is 1.78 bits per heavy atom. The van der Waals surface area contributed by atoms with Gasteiger partial charge in [0.2, 0.25) is 5.78 Å². The van der Waals surface area contributed by atoms with Crippen LogP contribution in [-0.2, 0) is 4.79 Å². The zero-order chi connectivity index (χ0) is 19.0. The molecule has 27 heavy (non-hydrogen) atoms. The molecule has 1 atom stereocenters. The summed E-state index contributed by atoms with van der Waals surface area (Å²) in [5.41, 5.74) is 1.08. The zero-order valence-electron chi connectivity index (χ0n) is 15.3. The lowest BCUT2D eigenvalue weighted by Crippen LogP contribution is -2.42. The van der Waals surface area contributed by atoms with Crippen LogP contribution in [0.4, 0.5) is 0 Å². The summed E-state index contributed by atoms with van der Waals surface area (Å²) in [6.45, 7) is 2.23. The SMILES string of the molecule is CC1CCC(N2C(=O)C(O)=C(C(=O)c3cccs3)C2c2ccccc2)CC1. The number of nitrogens with zero attached hydrogens (tertiary/aromatic N) is 1. The quantitative estimate of drug-likeness (QED) is 0.766. The lowest BCUT2D eigenvalue weighted by atomic mass is 9.85. The van der Waals surface area contributed by atoms with Crippen LogP contribution in [0.1, 0.15) is 53.9 Å². The Morgan fingerprint density at radius 1 is 1.07 bits per heavy atom. The second-order valence-corrected chi connectivity index (χ2v) is 8.46. The van der Waals surface area contributed by atoms with Crippen LogP contribution >= 0.6 is 11.3 Å². The fraction of sp³-hybridized carbons (Fsp3) is 0.364. The summed E-state index contributed by atoms with van der Waals surface area (Å²) in [7, 11) is 0. The number of ketones is 1. The molecule has 0 saturated heterocycles. The number of Topliss-reactive ketones (excluding diaryl/α,β-unsaturated/α-hetero) is 1. The van der Waals surface area contributed by atoms with Gasteiger partial charge in [-0.1, -0.05) is 43.3 Å². The number of hydrogen-bond acceptors (Lipinski definition) is 4. The van der Waals surface area contributed by atoms with Crippen molar-refractivity contribution in [2.75, 3.05) is 0 Å². The molecule has 1 fully saturated rings. The summed E-state index contributed by atoms with van der Waals surface area (Å²) in [5.74, 6) is -0.400. The van der Waals surface area contributed by atoms with E-state index in [1.54, 1.807) is 11.0 Å². The van der Waals surface area contributed by atoms with E-state index in [1.165, 1.54) is 11.3 Å². The Kier molecular flexibility index (Phi) is 4.87. The molecule has 1 N–H and O–H groups in total. The Balaban J connectivity index is 1.77. The average Bonchev–Trinajstić information content (AvgIpc) is 3.31. The molecule has 1 aliphatic heterocycles. The van der Waals surface area contributed by atoms with Crippen LogP contribution in [0.15, 0.2) is 59.2 Å². The monoisotopic (exact) mass is 381 g/mol. The van der Waals surface area contributed by atoms with Crippen molar-refractivity contribution < 1.29 is 14.7 Å². The first-order chi connectivity index (χ1) is 13.1. The molecule has 1 unspecified atom stereocenters. The van der Waals surface area contributed by atoms with Crippen molar-refractivity contribution in [2.45, 2.75) is 44.7 Å². The number of thiophene rings is 1. The van der Waals surface area contributed by atoms with E-state index in [0.29, 0.717) is 10.8 Å². The number of rotatable bonds is 4. The molecule has 1 amide bonds. The maximum Gasteiger partial charge on any atom is 0.290 e. The zero-order valence-corrected chi connectivity index (χ0v) is 16.1. The standard InChI is InChI=1S/C22H23NO3S/c1-14-9-11-16(12-10-14)23-19(15-6-3-2-4-7-15)18(21(25)22(23)26)20(24)17-8-5-13-27-17/h2-8,13-14,16,19,25H,9-12H2,1H3. The fourth-order valence-corrected chi connectivity index (χ4v) is 4.93. The minimum Gasteiger partial charge on any atom is -0.503 e. The molecule has 5 heteroatoms. The predicted octanol–water partition coefficient (Wildman–Crippen LogP) is 4.91. The molecule has 140 valence electrons. The van der Waals surface area contributed by atoms with Crippen molar-refractivity contribution >= 4 is 23.0 Å². The van der Waals surface area contributed by atoms with Crippen molar-refractivity contribution in [2.24, 2.45) is 5.92 Å². The molecule has 2 heterocycles. The molecule has 4 rings (SSSR count). The van der Waals surface area contributed by atoms with Crippen LogP contribution in [-0.4, -0.2) is 27.7 Å². The van der Waals surface area contributed by atoms with Crippen LogP contribution in [0.25, 0.3) is 0 Å². The van der Waals surface area contributed by atoms with E-state index in [4.69, 9.17) is 0 Å². The normalized spacial score (nSPS) is 25.9. The van der Waals surface area contributed by atoms with Crippen LogP contribution in [0, 0.1) is 5.92 Å². The number of aliphatic hydroxyl groups is 1. The molecule has 1 aliphatic carbocycles. The summed E-state index contributed by atoms with van der Waals surface area (Å²) < 4.78 is 0. The lowest BCUT2D eigenvalue weighted by Gasteiger charge is -2.38. The third-order valence-electron chi connectivity index (χ3n) is 5.73. The molecule has 0 radical (unpaired) electrons. The molecule has 1 saturated carbocycles. The third-order valence-corrected chi connectivity index (χ3v) is 6.60. The largest absolute Gasteiger partial charge is 0.503 e. The highest BCUT2D eigenvalue weighted by atomic mass is 32.1. The van der Waals surface area contributed by atoms with E-state index in [2.05, 4.69) is 6.92 Å². The van der Waals surface area contributed by atoms with Gasteiger partial charge in [-0.05, 0) is 48.6 Å². The molecular weight excluding hydrogens is 358 g/mol. The summed E-state index contributed by atoms with van der Waals surface area (Å²) in [6, 6.07) is 12.7. The number of carbonyl (C=O) groups is 2. The van der Waals surface area contributed by atoms with Gasteiger partial charge in [-0.15, -0.1) is 11.3 Å². The van der Waals surface area contributed by atoms with Crippen LogP contribution in [0.3, 0.4) is 0 Å². The molecule has 2 aliphatic rings. The smallest absolute Gasteiger partial charge is 0.290 e. The minimum absolute atomic E-state index is 0.0506. The summed E-state index contributed by atoms with van der Waals surface area (Å²) in [5, 5.41) is 12.5. The van der Waals surface area contributed by atoms with Gasteiger partial charge in [-0.3, -0.25) is 9.59 Å². The Hall–Kier alpha value is -2.40. The average molecular weight is 381 g/mol. The van der Waals surface area contributed by atoms with Gasteiger partial charge in [-0.2, -0.15) is 0 Å². The number of hydrogen-bond donors (Lipinski definition) is 1. The first-order valence-electron chi connectivity index (χ1n) is 9.47. The van der Waals surface area contributed by atoms with Gasteiger partial charge < -0.3 is 10.0 Å². The third kappa shape index (κ3) is 3.21. The van der Waals surface area contributed by atoms with E-state index < -0.39 is 11.9 Å². The second kappa shape index (κ2) is 7.31. The second-order valence-electron chi connectivity index (χ2n) is 7.51. The van der Waals surface area contributed by atoms with Crippen molar-refractivity contribution in [1.82, 2.24) is 4.90 Å². The Morgan fingerprint density at radius 3 is 2.41 bits per heavy atom. The van der Waals surface area contributed by atoms with Gasteiger partial charge in [0.25, 0.3) is 5.91 Å². The molecule has 1 aromatic carbocycles. The highest BCUT2D eigenvalue weighted by Gasteiger charge is 2.47. The Labute approximate surface area is 163 Å². The molecular formula is C22H23NO3S. The maximum absolute atomic E-state index is 13.1. The summed E-state index contributed by atoms with van der Waals surface area (Å²) in [6.07, 6.45) is 3.93. The van der Waals surface area contributed by atoms with Gasteiger partial charge in [0.1, 0.15) is 0 Å². The van der Waals surface area contributed by atoms with Crippen molar-refractivity contribution in [3.05, 3.63) is 69.6 Å². The maximum atomic E-state index is 13.1. The van der Waals surface area contributed by atoms with Gasteiger partial charge in [-0.25, -0.2) is 0 Å². The van der Waals surface area contributed by atoms with Crippen molar-refractivity contribution in [3.8, 4) is 0 Å². The predicted molar refractivity (Wildman–Crippen MR) is 106 cm³/mol. The van der Waals surface area contributed by atoms with Crippen LogP contribution < -0.4 is 0 Å². The summed E-state index contributed by atoms with van der Waals surface area (Å²) >= 11 is 1.33. The Bertz CT molecular complexity index is 864. The van der Waals surface area contributed by atoms with E-state index in [9.17, 15) is 14.7 Å². The first-order valence-corrected chi connectivity index (χ1v) is 10.3. The van der Waals surface area contributed by atoms with Gasteiger partial charge in [0.15, 0.2) is 5.76 Å². The van der Waals surface area contributed by atoms with E-state index in [-0.39, 0.29) is 23.2 Å². The highest BCUT2D eigenvalue weighted by molar-refractivity contribution is 7.12. The number of aliphatic hydroxyl groups excluding tert-OH is 1. The van der Waals surface area contributed by atoms with Crippen molar-refractivity contribution in [1.29, 1.82) is 0 Å². The molecule has 2 aromatic rings. The topological polar surface area (TPSA) is 57.6 Å². The number of carbonyl (C=O) groups excluding carboxylic acids is 2. The van der Waals surface area contributed by atoms with E-state index in [1.807, 2.05) is 41.8 Å². The minimum atomic E-state index is -0.522. The van der Waals surface area contributed by atoms with Crippen LogP contribution in [0.2, 0.25) is 0 Å². The fourth-order valence-electron chi connectivity index (χ4n) is 4.26. The van der Waals surface area contributed by atoms with Gasteiger partial charge >= 0.3 is 0 Å². The number of amides is 1.